The molecular formula is C27H31N3O5S2. The fraction of sp³-hybridized carbons (Fsp3) is 0.296. The molecule has 2 amide bonds. The number of thiazole rings is 1. The summed E-state index contributed by atoms with van der Waals surface area (Å²) in [4.78, 5) is 29.3. The Morgan fingerprint density at radius 3 is 2.19 bits per heavy atom. The number of aromatic nitrogens is 1. The average molecular weight is 542 g/mol. The zero-order valence-electron chi connectivity index (χ0n) is 21.5. The maximum Gasteiger partial charge on any atom is 0.412 e. The van der Waals surface area contributed by atoms with E-state index in [9.17, 15) is 18.0 Å². The van der Waals surface area contributed by atoms with Gasteiger partial charge in [0.2, 0.25) is 5.91 Å². The number of carbonyl (C=O) groups excluding carboxylic acids is 2. The Kier molecular flexibility index (Phi) is 8.88. The SMILES string of the molecule is CC(=O)Nc1nc(CCc2ccc(NC(=O)OC(C)(C)C)cc2)c(/C=C/c2ccc(S(C)(=O)=O)cc2)s1. The predicted molar refractivity (Wildman–Crippen MR) is 149 cm³/mol. The lowest BCUT2D eigenvalue weighted by Gasteiger charge is -2.19. The van der Waals surface area contributed by atoms with E-state index < -0.39 is 21.5 Å². The number of hydrogen-bond acceptors (Lipinski definition) is 7. The first-order valence-corrected chi connectivity index (χ1v) is 14.3. The van der Waals surface area contributed by atoms with E-state index in [1.807, 2.05) is 57.2 Å². The van der Waals surface area contributed by atoms with E-state index in [4.69, 9.17) is 4.74 Å². The van der Waals surface area contributed by atoms with Gasteiger partial charge in [0, 0.05) is 18.9 Å². The summed E-state index contributed by atoms with van der Waals surface area (Å²) in [5, 5.41) is 5.98. The van der Waals surface area contributed by atoms with Crippen LogP contribution >= 0.6 is 11.3 Å². The number of carbonyl (C=O) groups is 2. The third-order valence-corrected chi connectivity index (χ3v) is 7.10. The number of rotatable bonds is 8. The van der Waals surface area contributed by atoms with Crippen LogP contribution in [0.15, 0.2) is 53.4 Å². The molecule has 0 unspecified atom stereocenters. The van der Waals surface area contributed by atoms with Gasteiger partial charge in [-0.3, -0.25) is 10.1 Å². The van der Waals surface area contributed by atoms with Gasteiger partial charge >= 0.3 is 6.09 Å². The molecule has 0 bridgehead atoms. The molecule has 0 saturated carbocycles. The lowest BCUT2D eigenvalue weighted by atomic mass is 10.1. The Hall–Kier alpha value is -3.50. The molecule has 37 heavy (non-hydrogen) atoms. The van der Waals surface area contributed by atoms with E-state index in [0.29, 0.717) is 23.7 Å². The molecule has 196 valence electrons. The maximum absolute atomic E-state index is 12.0. The van der Waals surface area contributed by atoms with Crippen LogP contribution in [0.3, 0.4) is 0 Å². The Balaban J connectivity index is 1.70. The molecule has 0 atom stereocenters. The molecule has 3 rings (SSSR count). The number of ether oxygens (including phenoxy) is 1. The quantitative estimate of drug-likeness (QED) is 0.372. The largest absolute Gasteiger partial charge is 0.444 e. The Labute approximate surface area is 221 Å². The second kappa shape index (κ2) is 11.7. The van der Waals surface area contributed by atoms with Crippen LogP contribution in [0.5, 0.6) is 0 Å². The summed E-state index contributed by atoms with van der Waals surface area (Å²) in [5.74, 6) is -0.194. The smallest absolute Gasteiger partial charge is 0.412 e. The number of hydrogen-bond donors (Lipinski definition) is 2. The van der Waals surface area contributed by atoms with Crippen LogP contribution in [0.25, 0.3) is 12.2 Å². The van der Waals surface area contributed by atoms with Gasteiger partial charge in [0.15, 0.2) is 15.0 Å². The van der Waals surface area contributed by atoms with Crippen molar-refractivity contribution in [2.75, 3.05) is 16.9 Å². The fourth-order valence-corrected chi connectivity index (χ4v) is 4.90. The monoisotopic (exact) mass is 541 g/mol. The number of aryl methyl sites for hydroxylation is 2. The molecule has 0 aliphatic carbocycles. The van der Waals surface area contributed by atoms with Gasteiger partial charge in [-0.15, -0.1) is 0 Å². The highest BCUT2D eigenvalue weighted by Gasteiger charge is 2.16. The van der Waals surface area contributed by atoms with E-state index in [2.05, 4.69) is 15.6 Å². The summed E-state index contributed by atoms with van der Waals surface area (Å²) in [6, 6.07) is 14.2. The van der Waals surface area contributed by atoms with Crippen molar-refractivity contribution in [1.82, 2.24) is 4.98 Å². The molecular weight excluding hydrogens is 510 g/mol. The molecule has 0 aliphatic rings. The first-order chi connectivity index (χ1) is 17.3. The number of nitrogens with one attached hydrogen (secondary N) is 2. The molecule has 0 spiro atoms. The van der Waals surface area contributed by atoms with Gasteiger partial charge in [-0.2, -0.15) is 0 Å². The second-order valence-electron chi connectivity index (χ2n) is 9.51. The van der Waals surface area contributed by atoms with Gasteiger partial charge in [-0.25, -0.2) is 18.2 Å². The minimum atomic E-state index is -3.25. The van der Waals surface area contributed by atoms with Gasteiger partial charge in [0.1, 0.15) is 5.60 Å². The zero-order valence-corrected chi connectivity index (χ0v) is 23.1. The van der Waals surface area contributed by atoms with Crippen molar-refractivity contribution >= 4 is 56.1 Å². The summed E-state index contributed by atoms with van der Waals surface area (Å²) in [6.07, 6.45) is 5.83. The third-order valence-electron chi connectivity index (χ3n) is 5.00. The second-order valence-corrected chi connectivity index (χ2v) is 12.6. The molecule has 8 nitrogen and oxygen atoms in total. The summed E-state index contributed by atoms with van der Waals surface area (Å²) >= 11 is 1.38. The van der Waals surface area contributed by atoms with Crippen LogP contribution in [-0.4, -0.2) is 37.3 Å². The van der Waals surface area contributed by atoms with Crippen molar-refractivity contribution in [2.24, 2.45) is 0 Å². The zero-order chi connectivity index (χ0) is 27.2. The Bertz CT molecular complexity index is 1390. The normalized spacial score (nSPS) is 11.9. The van der Waals surface area contributed by atoms with E-state index in [1.165, 1.54) is 24.5 Å². The number of nitrogens with zero attached hydrogens (tertiary/aromatic N) is 1. The number of anilines is 2. The first kappa shape index (κ1) is 28.1. The molecule has 1 aromatic heterocycles. The van der Waals surface area contributed by atoms with E-state index in [0.717, 1.165) is 21.7 Å². The molecule has 2 aromatic carbocycles. The van der Waals surface area contributed by atoms with Gasteiger partial charge in [-0.05, 0) is 75.1 Å². The lowest BCUT2D eigenvalue weighted by molar-refractivity contribution is -0.114. The lowest BCUT2D eigenvalue weighted by Crippen LogP contribution is -2.27. The van der Waals surface area contributed by atoms with Gasteiger partial charge in [0.05, 0.1) is 15.5 Å². The summed E-state index contributed by atoms with van der Waals surface area (Å²) < 4.78 is 28.6. The standard InChI is InChI=1S/C27H31N3O5S2/c1-18(31)28-25-30-23(24(36-25)17-11-20-8-14-22(15-9-20)37(5,33)34)16-10-19-6-12-21(13-7-19)29-26(32)35-27(2,3)4/h6-9,11-15,17H,10,16H2,1-5H3,(H,29,32)(H,28,30,31)/b17-11+. The van der Waals surface area contributed by atoms with Crippen molar-refractivity contribution in [1.29, 1.82) is 0 Å². The summed E-state index contributed by atoms with van der Waals surface area (Å²) in [5.41, 5.74) is 2.83. The van der Waals surface area contributed by atoms with Crippen molar-refractivity contribution in [3.63, 3.8) is 0 Å². The number of amides is 2. The summed E-state index contributed by atoms with van der Waals surface area (Å²) in [7, 11) is -3.25. The molecule has 0 saturated heterocycles. The minimum absolute atomic E-state index is 0.194. The van der Waals surface area contributed by atoms with Gasteiger partial charge < -0.3 is 10.1 Å². The molecule has 0 radical (unpaired) electrons. The van der Waals surface area contributed by atoms with Crippen LogP contribution in [0.1, 0.15) is 49.4 Å². The number of benzene rings is 2. The topological polar surface area (TPSA) is 114 Å². The molecule has 10 heteroatoms. The minimum Gasteiger partial charge on any atom is -0.444 e. The number of sulfone groups is 1. The first-order valence-electron chi connectivity index (χ1n) is 11.6. The third kappa shape index (κ3) is 9.14. The van der Waals surface area contributed by atoms with Crippen LogP contribution in [0.4, 0.5) is 15.6 Å². The molecule has 2 N–H and O–H groups in total. The van der Waals surface area contributed by atoms with Crippen LogP contribution in [-0.2, 0) is 32.2 Å². The van der Waals surface area contributed by atoms with Crippen molar-refractivity contribution < 1.29 is 22.7 Å². The van der Waals surface area contributed by atoms with Crippen LogP contribution < -0.4 is 10.6 Å². The van der Waals surface area contributed by atoms with E-state index in [-0.39, 0.29) is 10.8 Å². The maximum atomic E-state index is 12.0. The van der Waals surface area contributed by atoms with Crippen LogP contribution in [0, 0.1) is 0 Å². The summed E-state index contributed by atoms with van der Waals surface area (Å²) in [6.45, 7) is 6.86. The Morgan fingerprint density at radius 1 is 0.973 bits per heavy atom. The fourth-order valence-electron chi connectivity index (χ4n) is 3.31. The van der Waals surface area contributed by atoms with Crippen molar-refractivity contribution in [3.8, 4) is 0 Å². The highest BCUT2D eigenvalue weighted by molar-refractivity contribution is 7.90. The molecule has 1 heterocycles. The average Bonchev–Trinajstić information content (AvgIpc) is 3.16. The van der Waals surface area contributed by atoms with Crippen molar-refractivity contribution in [2.45, 2.75) is 51.0 Å². The highest BCUT2D eigenvalue weighted by Crippen LogP contribution is 2.27. The molecule has 0 aliphatic heterocycles. The van der Waals surface area contributed by atoms with Gasteiger partial charge in [-0.1, -0.05) is 41.7 Å². The molecule has 0 fully saturated rings. The van der Waals surface area contributed by atoms with Crippen molar-refractivity contribution in [3.05, 3.63) is 70.2 Å². The van der Waals surface area contributed by atoms with E-state index in [1.54, 1.807) is 24.3 Å². The van der Waals surface area contributed by atoms with E-state index >= 15 is 0 Å². The van der Waals surface area contributed by atoms with Crippen LogP contribution in [0.2, 0.25) is 0 Å². The highest BCUT2D eigenvalue weighted by atomic mass is 32.2. The predicted octanol–water partition coefficient (Wildman–Crippen LogP) is 5.81. The molecule has 3 aromatic rings. The van der Waals surface area contributed by atoms with Gasteiger partial charge in [0.25, 0.3) is 0 Å². The Morgan fingerprint density at radius 2 is 1.62 bits per heavy atom.